The molecule has 0 aliphatic heterocycles. The number of aryl methyl sites for hydroxylation is 1. The molecule has 0 saturated carbocycles. The Morgan fingerprint density at radius 3 is 2.38 bits per heavy atom. The topological polar surface area (TPSA) is 130 Å². The smallest absolute Gasteiger partial charge is 0.319 e. The van der Waals surface area contributed by atoms with Crippen molar-refractivity contribution in [2.45, 2.75) is 25.9 Å². The second kappa shape index (κ2) is 12.4. The molecule has 1 heterocycles. The quantitative estimate of drug-likeness (QED) is 0.211. The molecule has 0 aliphatic carbocycles. The van der Waals surface area contributed by atoms with Gasteiger partial charge in [-0.25, -0.2) is 4.79 Å². The van der Waals surface area contributed by atoms with E-state index in [-0.39, 0.29) is 18.0 Å². The van der Waals surface area contributed by atoms with Gasteiger partial charge in [-0.1, -0.05) is 72.3 Å². The van der Waals surface area contributed by atoms with Crippen LogP contribution in [0.3, 0.4) is 0 Å². The first-order valence-electron chi connectivity index (χ1n) is 12.4. The summed E-state index contributed by atoms with van der Waals surface area (Å²) in [5.74, 6) is -0.820. The molecule has 0 aliphatic rings. The second-order valence-electron chi connectivity index (χ2n) is 9.13. The van der Waals surface area contributed by atoms with Crippen LogP contribution < -0.4 is 20.9 Å². The molecule has 4 N–H and O–H groups in total. The van der Waals surface area contributed by atoms with E-state index in [4.69, 9.17) is 16.3 Å². The molecule has 9 nitrogen and oxygen atoms in total. The van der Waals surface area contributed by atoms with Crippen LogP contribution >= 0.6 is 11.6 Å². The monoisotopic (exact) mass is 561 g/mol. The highest BCUT2D eigenvalue weighted by Crippen LogP contribution is 2.31. The van der Waals surface area contributed by atoms with E-state index in [1.807, 2.05) is 24.3 Å². The van der Waals surface area contributed by atoms with E-state index in [2.05, 4.69) is 10.6 Å². The summed E-state index contributed by atoms with van der Waals surface area (Å²) in [6, 6.07) is 19.8. The minimum absolute atomic E-state index is 0.121. The molecule has 0 fully saturated rings. The molecular formula is C30H28ClN3O6. The third-order valence-electron chi connectivity index (χ3n) is 6.39. The van der Waals surface area contributed by atoms with Crippen LogP contribution in [-0.2, 0) is 11.3 Å². The van der Waals surface area contributed by atoms with Crippen LogP contribution in [0, 0.1) is 6.92 Å². The second-order valence-corrected chi connectivity index (χ2v) is 9.54. The van der Waals surface area contributed by atoms with Crippen molar-refractivity contribution in [3.63, 3.8) is 0 Å². The fraction of sp³-hybridized carbons (Fsp3) is 0.167. The standard InChI is InChI=1S/C30H28ClN3O6/c1-18-16-34(17-21-7-3-5-9-23(21)31)29(38)27(28(18)37)33-30(39)32-24(15-26(35)36)20-13-11-19(12-14-20)22-8-4-6-10-25(22)40-2/h3-14,16,24,37H,15,17H2,1-2H3,(H,35,36)(H2,32,33,39)/t24-/m0/s1. The molecule has 0 unspecified atom stereocenters. The number of nitrogens with one attached hydrogen (secondary N) is 2. The normalized spacial score (nSPS) is 11.5. The van der Waals surface area contributed by atoms with Crippen molar-refractivity contribution in [3.05, 3.63) is 111 Å². The molecule has 10 heteroatoms. The number of aliphatic carboxylic acids is 1. The van der Waals surface area contributed by atoms with Gasteiger partial charge in [0, 0.05) is 22.3 Å². The highest BCUT2D eigenvalue weighted by Gasteiger charge is 2.21. The van der Waals surface area contributed by atoms with Crippen molar-refractivity contribution in [3.8, 4) is 22.6 Å². The molecule has 0 bridgehead atoms. The lowest BCUT2D eigenvalue weighted by molar-refractivity contribution is -0.137. The maximum Gasteiger partial charge on any atom is 0.319 e. The molecule has 0 radical (unpaired) electrons. The van der Waals surface area contributed by atoms with Gasteiger partial charge in [0.15, 0.2) is 5.69 Å². The number of carbonyl (C=O) groups is 2. The van der Waals surface area contributed by atoms with Crippen molar-refractivity contribution in [2.75, 3.05) is 12.4 Å². The number of ether oxygens (including phenoxy) is 1. The number of urea groups is 1. The van der Waals surface area contributed by atoms with Crippen LogP contribution in [0.5, 0.6) is 11.5 Å². The van der Waals surface area contributed by atoms with Crippen molar-refractivity contribution < 1.29 is 24.5 Å². The lowest BCUT2D eigenvalue weighted by Crippen LogP contribution is -2.36. The van der Waals surface area contributed by atoms with Crippen LogP contribution in [0.1, 0.15) is 29.2 Å². The predicted molar refractivity (Wildman–Crippen MR) is 153 cm³/mol. The Balaban J connectivity index is 1.57. The predicted octanol–water partition coefficient (Wildman–Crippen LogP) is 5.58. The number of benzene rings is 3. The molecule has 4 aromatic rings. The first-order chi connectivity index (χ1) is 19.2. The molecule has 2 amide bonds. The number of aromatic nitrogens is 1. The van der Waals surface area contributed by atoms with Gasteiger partial charge < -0.3 is 30.2 Å². The van der Waals surface area contributed by atoms with E-state index in [0.717, 1.165) is 11.1 Å². The SMILES string of the molecule is COc1ccccc1-c1ccc([C@H](CC(=O)O)NC(=O)Nc2c(O)c(C)cn(Cc3ccccc3Cl)c2=O)cc1. The minimum Gasteiger partial charge on any atom is -0.505 e. The summed E-state index contributed by atoms with van der Waals surface area (Å²) in [4.78, 5) is 37.7. The summed E-state index contributed by atoms with van der Waals surface area (Å²) in [6.07, 6.45) is 1.07. The van der Waals surface area contributed by atoms with E-state index < -0.39 is 30.0 Å². The van der Waals surface area contributed by atoms with Crippen LogP contribution in [-0.4, -0.2) is 33.9 Å². The molecule has 0 spiro atoms. The Bertz CT molecular complexity index is 1600. The number of amides is 2. The molecule has 4 rings (SSSR count). The van der Waals surface area contributed by atoms with Gasteiger partial charge in [0.2, 0.25) is 0 Å². The zero-order chi connectivity index (χ0) is 28.8. The number of nitrogens with zero attached hydrogens (tertiary/aromatic N) is 1. The summed E-state index contributed by atoms with van der Waals surface area (Å²) in [5.41, 5.74) is 2.32. The van der Waals surface area contributed by atoms with Crippen LogP contribution in [0.2, 0.25) is 5.02 Å². The zero-order valence-corrected chi connectivity index (χ0v) is 22.6. The molecule has 3 aromatic carbocycles. The molecule has 40 heavy (non-hydrogen) atoms. The Hall–Kier alpha value is -4.76. The van der Waals surface area contributed by atoms with Crippen molar-refractivity contribution >= 4 is 29.3 Å². The molecule has 1 aromatic heterocycles. The van der Waals surface area contributed by atoms with E-state index in [1.165, 1.54) is 10.8 Å². The number of para-hydroxylation sites is 1. The Kier molecular flexibility index (Phi) is 8.76. The van der Waals surface area contributed by atoms with E-state index in [9.17, 15) is 24.6 Å². The molecular weight excluding hydrogens is 534 g/mol. The van der Waals surface area contributed by atoms with Gasteiger partial charge in [0.05, 0.1) is 26.1 Å². The summed E-state index contributed by atoms with van der Waals surface area (Å²) >= 11 is 6.24. The lowest BCUT2D eigenvalue weighted by atomic mass is 9.98. The lowest BCUT2D eigenvalue weighted by Gasteiger charge is -2.19. The number of rotatable bonds is 9. The van der Waals surface area contributed by atoms with Gasteiger partial charge in [-0.2, -0.15) is 0 Å². The molecule has 0 saturated heterocycles. The first-order valence-corrected chi connectivity index (χ1v) is 12.7. The maximum atomic E-state index is 13.2. The van der Waals surface area contributed by atoms with Crippen molar-refractivity contribution in [1.29, 1.82) is 0 Å². The van der Waals surface area contributed by atoms with Gasteiger partial charge in [-0.3, -0.25) is 9.59 Å². The third kappa shape index (κ3) is 6.44. The van der Waals surface area contributed by atoms with Crippen molar-refractivity contribution in [2.24, 2.45) is 0 Å². The number of anilines is 1. The average molecular weight is 562 g/mol. The number of carboxylic acid groups (broad SMARTS) is 1. The number of hydrogen-bond acceptors (Lipinski definition) is 5. The highest BCUT2D eigenvalue weighted by molar-refractivity contribution is 6.31. The fourth-order valence-electron chi connectivity index (χ4n) is 4.35. The summed E-state index contributed by atoms with van der Waals surface area (Å²) in [5, 5.41) is 25.5. The average Bonchev–Trinajstić information content (AvgIpc) is 2.94. The summed E-state index contributed by atoms with van der Waals surface area (Å²) in [7, 11) is 1.58. The number of aromatic hydroxyl groups is 1. The number of pyridine rings is 1. The van der Waals surface area contributed by atoms with Gasteiger partial charge in [0.25, 0.3) is 5.56 Å². The third-order valence-corrected chi connectivity index (χ3v) is 6.76. The number of carbonyl (C=O) groups excluding carboxylic acids is 1. The number of hydrogen-bond donors (Lipinski definition) is 4. The summed E-state index contributed by atoms with van der Waals surface area (Å²) in [6.45, 7) is 1.72. The maximum absolute atomic E-state index is 13.2. The highest BCUT2D eigenvalue weighted by atomic mass is 35.5. The molecule has 1 atom stereocenters. The van der Waals surface area contributed by atoms with E-state index in [1.54, 1.807) is 62.6 Å². The van der Waals surface area contributed by atoms with Gasteiger partial charge >= 0.3 is 12.0 Å². The Labute approximate surface area is 235 Å². The van der Waals surface area contributed by atoms with E-state index >= 15 is 0 Å². The molecule has 206 valence electrons. The zero-order valence-electron chi connectivity index (χ0n) is 21.8. The largest absolute Gasteiger partial charge is 0.505 e. The van der Waals surface area contributed by atoms with Crippen LogP contribution in [0.4, 0.5) is 10.5 Å². The number of halogens is 1. The van der Waals surface area contributed by atoms with Gasteiger partial charge in [-0.05, 0) is 35.7 Å². The Morgan fingerprint density at radius 1 is 1.02 bits per heavy atom. The number of carboxylic acids is 1. The minimum atomic E-state index is -1.13. The number of methoxy groups -OCH3 is 1. The fourth-order valence-corrected chi connectivity index (χ4v) is 4.54. The van der Waals surface area contributed by atoms with Crippen LogP contribution in [0.15, 0.2) is 83.8 Å². The van der Waals surface area contributed by atoms with Crippen molar-refractivity contribution in [1.82, 2.24) is 9.88 Å². The van der Waals surface area contributed by atoms with E-state index in [0.29, 0.717) is 27.5 Å². The first kappa shape index (κ1) is 28.3. The van der Waals surface area contributed by atoms with Gasteiger partial charge in [0.1, 0.15) is 11.5 Å². The van der Waals surface area contributed by atoms with Gasteiger partial charge in [-0.15, -0.1) is 0 Å². The summed E-state index contributed by atoms with van der Waals surface area (Å²) < 4.78 is 6.75. The van der Waals surface area contributed by atoms with Crippen LogP contribution in [0.25, 0.3) is 11.1 Å². The Morgan fingerprint density at radius 2 is 1.70 bits per heavy atom.